The molecule has 1 saturated carbocycles. The molecule has 1 aliphatic carbocycles. The molecule has 1 aliphatic rings. The van der Waals surface area contributed by atoms with E-state index in [1.54, 1.807) is 21.3 Å². The van der Waals surface area contributed by atoms with Gasteiger partial charge in [0.05, 0.1) is 20.8 Å². The van der Waals surface area contributed by atoms with Crippen LogP contribution in [-0.4, -0.2) is 34.0 Å². The van der Waals surface area contributed by atoms with Crippen molar-refractivity contribution in [1.82, 2.24) is 5.32 Å². The van der Waals surface area contributed by atoms with Crippen molar-refractivity contribution in [2.24, 2.45) is 5.92 Å². The van der Waals surface area contributed by atoms with Gasteiger partial charge in [-0.05, 0) is 36.5 Å². The van der Waals surface area contributed by atoms with Gasteiger partial charge in [-0.25, -0.2) is 0 Å². The summed E-state index contributed by atoms with van der Waals surface area (Å²) in [5.74, 6) is 2.32. The van der Waals surface area contributed by atoms with Gasteiger partial charge in [-0.2, -0.15) is 0 Å². The zero-order valence-electron chi connectivity index (χ0n) is 11.9. The topological polar surface area (TPSA) is 39.7 Å². The van der Waals surface area contributed by atoms with Gasteiger partial charge in [0.1, 0.15) is 0 Å². The van der Waals surface area contributed by atoms with Gasteiger partial charge >= 0.3 is 0 Å². The normalized spacial score (nSPS) is 16.2. The van der Waals surface area contributed by atoms with Crippen molar-refractivity contribution in [3.05, 3.63) is 23.8 Å². The van der Waals surface area contributed by atoms with Gasteiger partial charge in [-0.3, -0.25) is 0 Å². The van der Waals surface area contributed by atoms with E-state index in [1.807, 2.05) is 12.1 Å². The van der Waals surface area contributed by atoms with Crippen molar-refractivity contribution in [2.45, 2.75) is 25.4 Å². The van der Waals surface area contributed by atoms with E-state index in [0.717, 1.165) is 30.6 Å². The molecule has 1 aromatic carbocycles. The first-order valence-corrected chi connectivity index (χ1v) is 6.71. The second-order valence-corrected chi connectivity index (χ2v) is 4.97. The first-order valence-electron chi connectivity index (χ1n) is 6.71. The quantitative estimate of drug-likeness (QED) is 0.782. The molecular weight excluding hydrogens is 242 g/mol. The largest absolute Gasteiger partial charge is 0.493 e. The summed E-state index contributed by atoms with van der Waals surface area (Å²) in [7, 11) is 5.07. The summed E-state index contributed by atoms with van der Waals surface area (Å²) in [5.41, 5.74) is 1.19. The third kappa shape index (κ3) is 3.85. The van der Waals surface area contributed by atoms with E-state index in [0.29, 0.717) is 6.04 Å². The van der Waals surface area contributed by atoms with Crippen LogP contribution in [0.5, 0.6) is 11.5 Å². The maximum Gasteiger partial charge on any atom is 0.161 e. The summed E-state index contributed by atoms with van der Waals surface area (Å²) in [6.07, 6.45) is 2.62. The Balaban J connectivity index is 1.94. The van der Waals surface area contributed by atoms with Gasteiger partial charge in [0, 0.05) is 19.7 Å². The number of hydrogen-bond donors (Lipinski definition) is 1. The van der Waals surface area contributed by atoms with E-state index in [1.165, 1.54) is 18.4 Å². The molecule has 0 aromatic heterocycles. The second kappa shape index (κ2) is 6.78. The zero-order chi connectivity index (χ0) is 13.7. The molecule has 0 bridgehead atoms. The second-order valence-electron chi connectivity index (χ2n) is 4.97. The van der Waals surface area contributed by atoms with E-state index in [4.69, 9.17) is 14.2 Å². The molecule has 1 atom stereocenters. The monoisotopic (exact) mass is 265 g/mol. The summed E-state index contributed by atoms with van der Waals surface area (Å²) in [6, 6.07) is 6.48. The lowest BCUT2D eigenvalue weighted by molar-refractivity contribution is 0.157. The van der Waals surface area contributed by atoms with Gasteiger partial charge < -0.3 is 19.5 Å². The Morgan fingerprint density at radius 1 is 1.16 bits per heavy atom. The highest BCUT2D eigenvalue weighted by molar-refractivity contribution is 5.42. The van der Waals surface area contributed by atoms with Crippen LogP contribution < -0.4 is 14.8 Å². The van der Waals surface area contributed by atoms with Crippen molar-refractivity contribution < 1.29 is 14.2 Å². The predicted octanol–water partition coefficient (Wildman–Crippen LogP) is 2.22. The first kappa shape index (κ1) is 14.2. The molecule has 19 heavy (non-hydrogen) atoms. The molecule has 0 radical (unpaired) electrons. The van der Waals surface area contributed by atoms with E-state index in [9.17, 15) is 0 Å². The summed E-state index contributed by atoms with van der Waals surface area (Å²) < 4.78 is 15.8. The number of methoxy groups -OCH3 is 3. The summed E-state index contributed by atoms with van der Waals surface area (Å²) in [4.78, 5) is 0. The van der Waals surface area contributed by atoms with Gasteiger partial charge in [0.15, 0.2) is 11.5 Å². The fourth-order valence-corrected chi connectivity index (χ4v) is 2.28. The Hall–Kier alpha value is -1.26. The maximum atomic E-state index is 5.31. The fraction of sp³-hybridized carbons (Fsp3) is 0.600. The van der Waals surface area contributed by atoms with E-state index >= 15 is 0 Å². The minimum Gasteiger partial charge on any atom is -0.493 e. The summed E-state index contributed by atoms with van der Waals surface area (Å²) >= 11 is 0. The molecule has 1 N–H and O–H groups in total. The highest BCUT2D eigenvalue weighted by atomic mass is 16.5. The molecule has 0 amide bonds. The third-order valence-corrected chi connectivity index (χ3v) is 3.55. The molecule has 1 unspecified atom stereocenters. The van der Waals surface area contributed by atoms with Crippen LogP contribution in [0, 0.1) is 5.92 Å². The van der Waals surface area contributed by atoms with Crippen LogP contribution in [0.3, 0.4) is 0 Å². The molecule has 2 rings (SSSR count). The van der Waals surface area contributed by atoms with Crippen LogP contribution in [0.15, 0.2) is 18.2 Å². The van der Waals surface area contributed by atoms with Crippen LogP contribution >= 0.6 is 0 Å². The molecule has 1 aromatic rings. The number of rotatable bonds is 8. The summed E-state index contributed by atoms with van der Waals surface area (Å²) in [6.45, 7) is 1.60. The Morgan fingerprint density at radius 3 is 2.47 bits per heavy atom. The van der Waals surface area contributed by atoms with Crippen LogP contribution in [0.4, 0.5) is 0 Å². The lowest BCUT2D eigenvalue weighted by Crippen LogP contribution is -2.34. The standard InChI is InChI=1S/C15H23NO3/c1-17-10-13(12-5-6-12)16-9-11-4-7-14(18-2)15(8-11)19-3/h4,7-8,12-13,16H,5-6,9-10H2,1-3H3. The number of ether oxygens (including phenoxy) is 3. The van der Waals surface area contributed by atoms with Crippen molar-refractivity contribution in [3.63, 3.8) is 0 Å². The van der Waals surface area contributed by atoms with Gasteiger partial charge in [0.25, 0.3) is 0 Å². The average molecular weight is 265 g/mol. The molecule has 4 heteroatoms. The van der Waals surface area contributed by atoms with Crippen LogP contribution in [0.2, 0.25) is 0 Å². The van der Waals surface area contributed by atoms with Crippen LogP contribution in [-0.2, 0) is 11.3 Å². The zero-order valence-corrected chi connectivity index (χ0v) is 11.9. The molecule has 1 fully saturated rings. The van der Waals surface area contributed by atoms with E-state index < -0.39 is 0 Å². The lowest BCUT2D eigenvalue weighted by Gasteiger charge is -2.18. The van der Waals surface area contributed by atoms with Gasteiger partial charge in [-0.15, -0.1) is 0 Å². The maximum absolute atomic E-state index is 5.31. The van der Waals surface area contributed by atoms with E-state index in [-0.39, 0.29) is 0 Å². The average Bonchev–Trinajstić information content (AvgIpc) is 3.27. The van der Waals surface area contributed by atoms with Crippen molar-refractivity contribution in [1.29, 1.82) is 0 Å². The lowest BCUT2D eigenvalue weighted by atomic mass is 10.1. The van der Waals surface area contributed by atoms with Crippen LogP contribution in [0.1, 0.15) is 18.4 Å². The number of hydrogen-bond acceptors (Lipinski definition) is 4. The van der Waals surface area contributed by atoms with Crippen LogP contribution in [0.25, 0.3) is 0 Å². The molecular formula is C15H23NO3. The Bertz CT molecular complexity index is 404. The molecule has 106 valence electrons. The molecule has 0 spiro atoms. The SMILES string of the molecule is COCC(NCc1ccc(OC)c(OC)c1)C1CC1. The summed E-state index contributed by atoms with van der Waals surface area (Å²) in [5, 5.41) is 3.57. The van der Waals surface area contributed by atoms with Gasteiger partial charge in [-0.1, -0.05) is 6.07 Å². The fourth-order valence-electron chi connectivity index (χ4n) is 2.28. The predicted molar refractivity (Wildman–Crippen MR) is 74.8 cm³/mol. The van der Waals surface area contributed by atoms with Crippen molar-refractivity contribution >= 4 is 0 Å². The van der Waals surface area contributed by atoms with E-state index in [2.05, 4.69) is 11.4 Å². The van der Waals surface area contributed by atoms with Gasteiger partial charge in [0.2, 0.25) is 0 Å². The smallest absolute Gasteiger partial charge is 0.161 e. The minimum atomic E-state index is 0.457. The molecule has 0 aliphatic heterocycles. The number of benzene rings is 1. The Morgan fingerprint density at radius 2 is 1.89 bits per heavy atom. The first-order chi connectivity index (χ1) is 9.28. The molecule has 0 saturated heterocycles. The Labute approximate surface area is 115 Å². The minimum absolute atomic E-state index is 0.457. The molecule has 0 heterocycles. The van der Waals surface area contributed by atoms with Crippen molar-refractivity contribution in [2.75, 3.05) is 27.9 Å². The highest BCUT2D eigenvalue weighted by Gasteiger charge is 2.30. The molecule has 4 nitrogen and oxygen atoms in total. The Kier molecular flexibility index (Phi) is 5.05. The van der Waals surface area contributed by atoms with Crippen molar-refractivity contribution in [3.8, 4) is 11.5 Å². The highest BCUT2D eigenvalue weighted by Crippen LogP contribution is 2.33. The third-order valence-electron chi connectivity index (χ3n) is 3.55. The number of nitrogens with one attached hydrogen (secondary N) is 1.